The summed E-state index contributed by atoms with van der Waals surface area (Å²) in [6, 6.07) is 6.73. The minimum Gasteiger partial charge on any atom is -0.493 e. The van der Waals surface area contributed by atoms with Crippen LogP contribution >= 0.6 is 0 Å². The van der Waals surface area contributed by atoms with E-state index in [0.717, 1.165) is 16.8 Å². The third kappa shape index (κ3) is 3.75. The maximum atomic E-state index is 12.2. The molecule has 3 N–H and O–H groups in total. The van der Waals surface area contributed by atoms with Crippen LogP contribution in [0.4, 0.5) is 0 Å². The Morgan fingerprint density at radius 3 is 2.88 bits per heavy atom. The molecule has 136 valence electrons. The van der Waals surface area contributed by atoms with Gasteiger partial charge in [0.2, 0.25) is 5.91 Å². The minimum absolute atomic E-state index is 0.150. The lowest BCUT2D eigenvalue weighted by Crippen LogP contribution is -2.27. The number of amides is 1. The Hall–Kier alpha value is -3.13. The summed E-state index contributed by atoms with van der Waals surface area (Å²) in [5.74, 6) is 1.05. The second kappa shape index (κ2) is 7.83. The van der Waals surface area contributed by atoms with E-state index in [0.29, 0.717) is 18.0 Å². The topological polar surface area (TPSA) is 104 Å². The van der Waals surface area contributed by atoms with Gasteiger partial charge < -0.3 is 20.5 Å². The number of fused-ring (bicyclic) bond motifs is 1. The Bertz CT molecular complexity index is 909. The van der Waals surface area contributed by atoms with E-state index in [2.05, 4.69) is 15.4 Å². The molecule has 0 fully saturated rings. The van der Waals surface area contributed by atoms with Gasteiger partial charge in [-0.1, -0.05) is 6.07 Å². The molecule has 1 amide bonds. The molecular weight excluding hydrogens is 334 g/mol. The van der Waals surface area contributed by atoms with E-state index in [-0.39, 0.29) is 12.3 Å². The smallest absolute Gasteiger partial charge is 0.222 e. The number of nitrogens with one attached hydrogen (secondary N) is 1. The van der Waals surface area contributed by atoms with Crippen molar-refractivity contribution in [3.05, 3.63) is 54.0 Å². The van der Waals surface area contributed by atoms with E-state index in [1.165, 1.54) is 0 Å². The molecule has 1 aromatic carbocycles. The van der Waals surface area contributed by atoms with Crippen LogP contribution in [0.2, 0.25) is 0 Å². The number of hydrogen-bond donors (Lipinski definition) is 2. The molecule has 1 atom stereocenters. The monoisotopic (exact) mass is 355 g/mol. The van der Waals surface area contributed by atoms with E-state index in [4.69, 9.17) is 15.2 Å². The van der Waals surface area contributed by atoms with Crippen molar-refractivity contribution in [3.63, 3.8) is 0 Å². The number of methoxy groups -OCH3 is 2. The Morgan fingerprint density at radius 2 is 2.12 bits per heavy atom. The summed E-state index contributed by atoms with van der Waals surface area (Å²) in [4.78, 5) is 16.5. The molecule has 8 nitrogen and oxygen atoms in total. The molecule has 0 spiro atoms. The number of carbonyl (C=O) groups excluding carboxylic acids is 1. The highest BCUT2D eigenvalue weighted by molar-refractivity contribution is 5.77. The molecule has 3 aromatic rings. The van der Waals surface area contributed by atoms with Gasteiger partial charge in [0, 0.05) is 37.0 Å². The average Bonchev–Trinajstić information content (AvgIpc) is 3.09. The number of carbonyl (C=O) groups is 1. The summed E-state index contributed by atoms with van der Waals surface area (Å²) < 4.78 is 12.1. The Labute approximate surface area is 150 Å². The number of aromatic nitrogens is 3. The van der Waals surface area contributed by atoms with Gasteiger partial charge in [-0.3, -0.25) is 4.79 Å². The molecule has 0 aliphatic rings. The predicted octanol–water partition coefficient (Wildman–Crippen LogP) is 1.45. The van der Waals surface area contributed by atoms with Crippen LogP contribution in [-0.4, -0.2) is 34.7 Å². The molecule has 2 aromatic heterocycles. The molecular formula is C18H21N5O3. The molecule has 2 heterocycles. The zero-order valence-electron chi connectivity index (χ0n) is 14.7. The van der Waals surface area contributed by atoms with Crippen LogP contribution < -0.4 is 20.5 Å². The molecule has 0 saturated carbocycles. The number of benzene rings is 1. The Balaban J connectivity index is 1.61. The van der Waals surface area contributed by atoms with Crippen molar-refractivity contribution >= 4 is 11.6 Å². The first kappa shape index (κ1) is 17.7. The van der Waals surface area contributed by atoms with Gasteiger partial charge in [-0.2, -0.15) is 5.10 Å². The van der Waals surface area contributed by atoms with Gasteiger partial charge in [-0.15, -0.1) is 0 Å². The highest BCUT2D eigenvalue weighted by atomic mass is 16.5. The molecule has 3 rings (SSSR count). The van der Waals surface area contributed by atoms with Crippen molar-refractivity contribution in [2.24, 2.45) is 5.73 Å². The second-order valence-corrected chi connectivity index (χ2v) is 5.76. The van der Waals surface area contributed by atoms with Crippen LogP contribution in [0.1, 0.15) is 23.6 Å². The highest BCUT2D eigenvalue weighted by Gasteiger charge is 2.15. The van der Waals surface area contributed by atoms with Crippen molar-refractivity contribution in [2.75, 3.05) is 14.2 Å². The normalized spacial score (nSPS) is 12.0. The summed E-state index contributed by atoms with van der Waals surface area (Å²) in [6.45, 7) is 0.345. The molecule has 1 unspecified atom stereocenters. The van der Waals surface area contributed by atoms with E-state index < -0.39 is 6.04 Å². The number of ether oxygens (including phenoxy) is 2. The maximum absolute atomic E-state index is 12.2. The first-order valence-electron chi connectivity index (χ1n) is 8.13. The predicted molar refractivity (Wildman–Crippen MR) is 95.9 cm³/mol. The van der Waals surface area contributed by atoms with Crippen LogP contribution in [0.3, 0.4) is 0 Å². The highest BCUT2D eigenvalue weighted by Crippen LogP contribution is 2.30. The van der Waals surface area contributed by atoms with Crippen LogP contribution in [-0.2, 0) is 11.3 Å². The largest absolute Gasteiger partial charge is 0.493 e. The summed E-state index contributed by atoms with van der Waals surface area (Å²) in [6.07, 6.45) is 5.34. The maximum Gasteiger partial charge on any atom is 0.222 e. The molecule has 8 heteroatoms. The zero-order valence-corrected chi connectivity index (χ0v) is 14.7. The van der Waals surface area contributed by atoms with Crippen LogP contribution in [0, 0.1) is 0 Å². The van der Waals surface area contributed by atoms with Crippen molar-refractivity contribution < 1.29 is 14.3 Å². The summed E-state index contributed by atoms with van der Waals surface area (Å²) in [5.41, 5.74) is 8.53. The van der Waals surface area contributed by atoms with Crippen molar-refractivity contribution in [3.8, 4) is 11.5 Å². The Morgan fingerprint density at radius 1 is 1.31 bits per heavy atom. The molecule has 0 bridgehead atoms. The lowest BCUT2D eigenvalue weighted by Gasteiger charge is -2.15. The van der Waals surface area contributed by atoms with Crippen LogP contribution in [0.15, 0.2) is 42.9 Å². The summed E-state index contributed by atoms with van der Waals surface area (Å²) in [5, 5.41) is 7.05. The fourth-order valence-electron chi connectivity index (χ4n) is 2.67. The van der Waals surface area contributed by atoms with Crippen molar-refractivity contribution in [2.45, 2.75) is 19.0 Å². The summed E-state index contributed by atoms with van der Waals surface area (Å²) >= 11 is 0. The van der Waals surface area contributed by atoms with Gasteiger partial charge in [-0.25, -0.2) is 9.50 Å². The fraction of sp³-hybridized carbons (Fsp3) is 0.278. The third-order valence-electron chi connectivity index (χ3n) is 4.07. The van der Waals surface area contributed by atoms with E-state index in [9.17, 15) is 4.79 Å². The SMILES string of the molecule is COc1ccc(C(N)CC(=O)NCc2cnn3cccnc23)cc1OC. The van der Waals surface area contributed by atoms with Crippen molar-refractivity contribution in [1.29, 1.82) is 0 Å². The second-order valence-electron chi connectivity index (χ2n) is 5.76. The fourth-order valence-corrected chi connectivity index (χ4v) is 2.67. The van der Waals surface area contributed by atoms with Crippen LogP contribution in [0.5, 0.6) is 11.5 Å². The van der Waals surface area contributed by atoms with E-state index >= 15 is 0 Å². The summed E-state index contributed by atoms with van der Waals surface area (Å²) in [7, 11) is 3.13. The van der Waals surface area contributed by atoms with Gasteiger partial charge in [0.1, 0.15) is 0 Å². The number of nitrogens with zero attached hydrogens (tertiary/aromatic N) is 3. The van der Waals surface area contributed by atoms with Gasteiger partial charge in [0.05, 0.1) is 20.4 Å². The van der Waals surface area contributed by atoms with Gasteiger partial charge in [0.25, 0.3) is 0 Å². The minimum atomic E-state index is -0.447. The quantitative estimate of drug-likeness (QED) is 0.665. The van der Waals surface area contributed by atoms with Gasteiger partial charge >= 0.3 is 0 Å². The van der Waals surface area contributed by atoms with Crippen LogP contribution in [0.25, 0.3) is 5.65 Å². The first-order valence-corrected chi connectivity index (χ1v) is 8.13. The first-order chi connectivity index (χ1) is 12.6. The molecule has 0 aliphatic carbocycles. The number of nitrogens with two attached hydrogens (primary N) is 1. The Kier molecular flexibility index (Phi) is 5.33. The van der Waals surface area contributed by atoms with Gasteiger partial charge in [-0.05, 0) is 23.8 Å². The molecule has 0 aliphatic heterocycles. The van der Waals surface area contributed by atoms with E-state index in [1.807, 2.05) is 6.07 Å². The number of hydrogen-bond acceptors (Lipinski definition) is 6. The third-order valence-corrected chi connectivity index (χ3v) is 4.07. The van der Waals surface area contributed by atoms with Crippen molar-refractivity contribution in [1.82, 2.24) is 19.9 Å². The van der Waals surface area contributed by atoms with E-state index in [1.54, 1.807) is 55.5 Å². The average molecular weight is 355 g/mol. The number of rotatable bonds is 7. The lowest BCUT2D eigenvalue weighted by atomic mass is 10.0. The van der Waals surface area contributed by atoms with Gasteiger partial charge in [0.15, 0.2) is 17.1 Å². The molecule has 0 radical (unpaired) electrons. The standard InChI is InChI=1S/C18H21N5O3/c1-25-15-5-4-12(8-16(15)26-2)14(19)9-17(24)21-10-13-11-22-23-7-3-6-20-18(13)23/h3-8,11,14H,9-10,19H2,1-2H3,(H,21,24). The zero-order chi connectivity index (χ0) is 18.5. The molecule has 0 saturated heterocycles. The lowest BCUT2D eigenvalue weighted by molar-refractivity contribution is -0.121. The molecule has 26 heavy (non-hydrogen) atoms.